The van der Waals surface area contributed by atoms with Crippen LogP contribution in [0.15, 0.2) is 24.3 Å². The van der Waals surface area contributed by atoms with Crippen LogP contribution in [0.25, 0.3) is 0 Å². The molecule has 1 fully saturated rings. The second kappa shape index (κ2) is 5.38. The van der Waals surface area contributed by atoms with Gasteiger partial charge in [-0.15, -0.1) is 0 Å². The lowest BCUT2D eigenvalue weighted by Gasteiger charge is -2.38. The zero-order valence-electron chi connectivity index (χ0n) is 10.8. The van der Waals surface area contributed by atoms with Gasteiger partial charge in [0.1, 0.15) is 5.82 Å². The van der Waals surface area contributed by atoms with Crippen LogP contribution >= 0.6 is 0 Å². The van der Waals surface area contributed by atoms with Gasteiger partial charge in [-0.3, -0.25) is 0 Å². The van der Waals surface area contributed by atoms with E-state index in [0.717, 1.165) is 12.8 Å². The highest BCUT2D eigenvalue weighted by Crippen LogP contribution is 2.23. The van der Waals surface area contributed by atoms with Crippen LogP contribution < -0.4 is 5.32 Å². The van der Waals surface area contributed by atoms with Crippen molar-refractivity contribution in [3.63, 3.8) is 0 Å². The van der Waals surface area contributed by atoms with Crippen LogP contribution in [0, 0.1) is 5.82 Å². The van der Waals surface area contributed by atoms with Gasteiger partial charge in [-0.05, 0) is 57.4 Å². The molecule has 3 nitrogen and oxygen atoms in total. The van der Waals surface area contributed by atoms with Crippen molar-refractivity contribution in [2.24, 2.45) is 0 Å². The number of nitrogens with zero attached hydrogens (tertiary/aromatic N) is 1. The molecule has 2 atom stereocenters. The number of rotatable bonds is 1. The molecular formula is C14H19FN2O. The number of carbonyl (C=O) groups excluding carboxylic acids is 1. The zero-order chi connectivity index (χ0) is 13.1. The Morgan fingerprint density at radius 1 is 1.22 bits per heavy atom. The lowest BCUT2D eigenvalue weighted by molar-refractivity contribution is 0.133. The smallest absolute Gasteiger partial charge is 0.319 e. The maximum absolute atomic E-state index is 12.8. The fourth-order valence-corrected chi connectivity index (χ4v) is 2.54. The van der Waals surface area contributed by atoms with Gasteiger partial charge < -0.3 is 10.2 Å². The Morgan fingerprint density at radius 2 is 1.78 bits per heavy atom. The molecule has 1 aliphatic heterocycles. The molecule has 0 saturated carbocycles. The summed E-state index contributed by atoms with van der Waals surface area (Å²) >= 11 is 0. The molecule has 0 spiro atoms. The lowest BCUT2D eigenvalue weighted by atomic mass is 9.98. The molecule has 0 aliphatic carbocycles. The predicted molar refractivity (Wildman–Crippen MR) is 70.0 cm³/mol. The molecule has 0 unspecified atom stereocenters. The number of likely N-dealkylation sites (tertiary alicyclic amines) is 1. The van der Waals surface area contributed by atoms with Crippen molar-refractivity contribution < 1.29 is 9.18 Å². The van der Waals surface area contributed by atoms with Crippen LogP contribution in [0.1, 0.15) is 33.1 Å². The minimum atomic E-state index is -0.298. The summed E-state index contributed by atoms with van der Waals surface area (Å²) in [6.45, 7) is 4.14. The number of hydrogen-bond acceptors (Lipinski definition) is 1. The Balaban J connectivity index is 2.04. The van der Waals surface area contributed by atoms with Gasteiger partial charge in [-0.1, -0.05) is 0 Å². The van der Waals surface area contributed by atoms with Gasteiger partial charge in [-0.2, -0.15) is 0 Å². The van der Waals surface area contributed by atoms with Crippen LogP contribution in [0.5, 0.6) is 0 Å². The second-order valence-corrected chi connectivity index (χ2v) is 4.97. The highest BCUT2D eigenvalue weighted by molar-refractivity contribution is 5.89. The summed E-state index contributed by atoms with van der Waals surface area (Å²) in [6, 6.07) is 6.26. The van der Waals surface area contributed by atoms with Gasteiger partial charge in [0.05, 0.1) is 0 Å². The van der Waals surface area contributed by atoms with E-state index in [1.54, 1.807) is 12.1 Å². The molecule has 2 amide bonds. The summed E-state index contributed by atoms with van der Waals surface area (Å²) in [4.78, 5) is 14.1. The van der Waals surface area contributed by atoms with Crippen LogP contribution in [0.3, 0.4) is 0 Å². The van der Waals surface area contributed by atoms with Crippen molar-refractivity contribution in [2.45, 2.75) is 45.2 Å². The van der Waals surface area contributed by atoms with E-state index in [2.05, 4.69) is 19.2 Å². The number of piperidine rings is 1. The molecule has 4 heteroatoms. The minimum absolute atomic E-state index is 0.0960. The first-order valence-electron chi connectivity index (χ1n) is 6.43. The van der Waals surface area contributed by atoms with Gasteiger partial charge in [0.2, 0.25) is 0 Å². The average molecular weight is 250 g/mol. The van der Waals surface area contributed by atoms with E-state index in [0.29, 0.717) is 5.69 Å². The Bertz CT molecular complexity index is 408. The number of halogens is 1. The first-order valence-corrected chi connectivity index (χ1v) is 6.43. The molecule has 98 valence electrons. The molecule has 0 bridgehead atoms. The normalized spacial score (nSPS) is 23.8. The standard InChI is InChI=1S/C14H19FN2O/c1-10-4-3-5-11(2)17(10)14(18)16-13-8-6-12(15)7-9-13/h6-11H,3-5H2,1-2H3,(H,16,18)/t10-,11-/m1/s1. The third kappa shape index (κ3) is 2.81. The monoisotopic (exact) mass is 250 g/mol. The van der Waals surface area contributed by atoms with E-state index in [1.165, 1.54) is 18.6 Å². The molecule has 1 aromatic rings. The molecule has 1 heterocycles. The third-order valence-electron chi connectivity index (χ3n) is 3.52. The largest absolute Gasteiger partial charge is 0.322 e. The zero-order valence-corrected chi connectivity index (χ0v) is 10.8. The Kier molecular flexibility index (Phi) is 3.84. The van der Waals surface area contributed by atoms with E-state index in [9.17, 15) is 9.18 Å². The van der Waals surface area contributed by atoms with Crippen LogP contribution in [0.2, 0.25) is 0 Å². The van der Waals surface area contributed by atoms with Crippen molar-refractivity contribution in [2.75, 3.05) is 5.32 Å². The minimum Gasteiger partial charge on any atom is -0.319 e. The number of amides is 2. The average Bonchev–Trinajstić information content (AvgIpc) is 2.32. The third-order valence-corrected chi connectivity index (χ3v) is 3.52. The Labute approximate surface area is 107 Å². The molecule has 1 N–H and O–H groups in total. The number of anilines is 1. The fraction of sp³-hybridized carbons (Fsp3) is 0.500. The summed E-state index contributed by atoms with van der Waals surface area (Å²) < 4.78 is 12.8. The summed E-state index contributed by atoms with van der Waals surface area (Å²) in [7, 11) is 0. The fourth-order valence-electron chi connectivity index (χ4n) is 2.54. The molecule has 18 heavy (non-hydrogen) atoms. The lowest BCUT2D eigenvalue weighted by Crippen LogP contribution is -2.49. The van der Waals surface area contributed by atoms with Gasteiger partial charge in [0, 0.05) is 17.8 Å². The predicted octanol–water partition coefficient (Wildman–Crippen LogP) is 3.62. The van der Waals surface area contributed by atoms with E-state index in [4.69, 9.17) is 0 Å². The van der Waals surface area contributed by atoms with E-state index in [-0.39, 0.29) is 23.9 Å². The SMILES string of the molecule is C[C@@H]1CCC[C@@H](C)N1C(=O)Nc1ccc(F)cc1. The quantitative estimate of drug-likeness (QED) is 0.811. The van der Waals surface area contributed by atoms with Crippen molar-refractivity contribution >= 4 is 11.7 Å². The summed E-state index contributed by atoms with van der Waals surface area (Å²) in [5, 5.41) is 2.82. The highest BCUT2D eigenvalue weighted by Gasteiger charge is 2.28. The van der Waals surface area contributed by atoms with Crippen molar-refractivity contribution in [3.8, 4) is 0 Å². The van der Waals surface area contributed by atoms with Gasteiger partial charge in [0.15, 0.2) is 0 Å². The molecular weight excluding hydrogens is 231 g/mol. The molecule has 2 rings (SSSR count). The first kappa shape index (κ1) is 12.9. The number of benzene rings is 1. The van der Waals surface area contributed by atoms with E-state index in [1.807, 2.05) is 4.90 Å². The Morgan fingerprint density at radius 3 is 2.33 bits per heavy atom. The van der Waals surface area contributed by atoms with Gasteiger partial charge in [0.25, 0.3) is 0 Å². The molecule has 1 aromatic carbocycles. The highest BCUT2D eigenvalue weighted by atomic mass is 19.1. The molecule has 1 aliphatic rings. The summed E-state index contributed by atoms with van der Waals surface area (Å²) in [5.74, 6) is -0.298. The number of nitrogens with one attached hydrogen (secondary N) is 1. The van der Waals surface area contributed by atoms with Crippen molar-refractivity contribution in [3.05, 3.63) is 30.1 Å². The molecule has 0 aromatic heterocycles. The maximum Gasteiger partial charge on any atom is 0.322 e. The molecule has 0 radical (unpaired) electrons. The maximum atomic E-state index is 12.8. The summed E-state index contributed by atoms with van der Waals surface area (Å²) in [6.07, 6.45) is 3.25. The van der Waals surface area contributed by atoms with E-state index >= 15 is 0 Å². The Hall–Kier alpha value is -1.58. The first-order chi connectivity index (χ1) is 8.58. The van der Waals surface area contributed by atoms with Crippen LogP contribution in [-0.4, -0.2) is 23.0 Å². The van der Waals surface area contributed by atoms with Gasteiger partial charge in [-0.25, -0.2) is 9.18 Å². The summed E-state index contributed by atoms with van der Waals surface area (Å²) in [5.41, 5.74) is 0.631. The second-order valence-electron chi connectivity index (χ2n) is 4.97. The van der Waals surface area contributed by atoms with E-state index < -0.39 is 0 Å². The van der Waals surface area contributed by atoms with Crippen LogP contribution in [-0.2, 0) is 0 Å². The topological polar surface area (TPSA) is 32.3 Å². The number of carbonyl (C=O) groups is 1. The number of urea groups is 1. The molecule has 1 saturated heterocycles. The van der Waals surface area contributed by atoms with Gasteiger partial charge >= 0.3 is 6.03 Å². The number of hydrogen-bond donors (Lipinski definition) is 1. The van der Waals surface area contributed by atoms with Crippen molar-refractivity contribution in [1.82, 2.24) is 4.90 Å². The van der Waals surface area contributed by atoms with Crippen LogP contribution in [0.4, 0.5) is 14.9 Å². The van der Waals surface area contributed by atoms with Crippen molar-refractivity contribution in [1.29, 1.82) is 0 Å².